The number of ether oxygens (including phenoxy) is 1. The number of hydrogen-bond donors (Lipinski definition) is 0. The van der Waals surface area contributed by atoms with E-state index in [4.69, 9.17) is 16.3 Å². The molecule has 1 aromatic heterocycles. The van der Waals surface area contributed by atoms with Crippen LogP contribution in [0, 0.1) is 5.92 Å². The van der Waals surface area contributed by atoms with Crippen molar-refractivity contribution in [3.05, 3.63) is 70.6 Å². The van der Waals surface area contributed by atoms with Crippen molar-refractivity contribution in [1.29, 1.82) is 0 Å². The highest BCUT2D eigenvalue weighted by atomic mass is 35.5. The van der Waals surface area contributed by atoms with Gasteiger partial charge >= 0.3 is 0 Å². The van der Waals surface area contributed by atoms with Crippen molar-refractivity contribution >= 4 is 29.1 Å². The number of Topliss-reactive ketones (excluding diaryl/α,β-unsaturated/α-hetero) is 1. The molecule has 1 amide bonds. The summed E-state index contributed by atoms with van der Waals surface area (Å²) in [6.07, 6.45) is 5.09. The third-order valence-electron chi connectivity index (χ3n) is 5.82. The molecule has 0 bridgehead atoms. The lowest BCUT2D eigenvalue weighted by molar-refractivity contribution is -0.131. The number of ketones is 1. The van der Waals surface area contributed by atoms with Gasteiger partial charge in [0.1, 0.15) is 11.9 Å². The molecule has 5 rings (SSSR count). The van der Waals surface area contributed by atoms with Crippen LogP contribution in [-0.4, -0.2) is 22.8 Å². The van der Waals surface area contributed by atoms with Crippen molar-refractivity contribution in [2.45, 2.75) is 37.8 Å². The summed E-state index contributed by atoms with van der Waals surface area (Å²) in [7, 11) is 0. The van der Waals surface area contributed by atoms with E-state index < -0.39 is 6.04 Å². The molecule has 3 aliphatic rings. The van der Waals surface area contributed by atoms with E-state index in [0.717, 1.165) is 31.2 Å². The molecule has 0 radical (unpaired) electrons. The van der Waals surface area contributed by atoms with Crippen molar-refractivity contribution in [1.82, 2.24) is 4.98 Å². The lowest BCUT2D eigenvalue weighted by atomic mass is 9.77. The smallest absolute Gasteiger partial charge is 0.295 e. The van der Waals surface area contributed by atoms with Gasteiger partial charge < -0.3 is 4.74 Å². The molecule has 1 aromatic carbocycles. The molecule has 1 fully saturated rings. The quantitative estimate of drug-likeness (QED) is 0.764. The van der Waals surface area contributed by atoms with Crippen LogP contribution in [0.4, 0.5) is 5.82 Å². The minimum Gasteiger partial charge on any atom is -0.483 e. The minimum absolute atomic E-state index is 0.0303. The molecule has 2 aliphatic heterocycles. The van der Waals surface area contributed by atoms with Gasteiger partial charge in [0, 0.05) is 11.2 Å². The van der Waals surface area contributed by atoms with Gasteiger partial charge in [-0.15, -0.1) is 0 Å². The maximum atomic E-state index is 13.5. The zero-order valence-corrected chi connectivity index (χ0v) is 15.9. The number of carbonyl (C=O) groups is 2. The third kappa shape index (κ3) is 2.65. The summed E-state index contributed by atoms with van der Waals surface area (Å²) in [4.78, 5) is 32.7. The topological polar surface area (TPSA) is 59.5 Å². The largest absolute Gasteiger partial charge is 0.483 e. The number of hydrogen-bond acceptors (Lipinski definition) is 4. The number of benzene rings is 1. The summed E-state index contributed by atoms with van der Waals surface area (Å²) < 4.78 is 6.14. The molecular formula is C22H19ClN2O3. The van der Waals surface area contributed by atoms with E-state index in [-0.39, 0.29) is 29.5 Å². The highest BCUT2D eigenvalue weighted by Crippen LogP contribution is 2.48. The van der Waals surface area contributed by atoms with Crippen LogP contribution in [0.25, 0.3) is 0 Å². The Balaban J connectivity index is 1.67. The number of pyridine rings is 1. The standard InChI is InChI=1S/C22H19ClN2O3/c23-14-7-5-6-13(12-14)19-18-20(26)15-8-1-2-9-16(15)28-21(18)22(27)25(19)17-10-3-4-11-24-17/h3-7,10-12,15-16,19H,1-2,8-9H2. The first-order valence-electron chi connectivity index (χ1n) is 9.60. The third-order valence-corrected chi connectivity index (χ3v) is 6.06. The highest BCUT2D eigenvalue weighted by Gasteiger charge is 2.52. The molecule has 3 heterocycles. The number of nitrogens with zero attached hydrogens (tertiary/aromatic N) is 2. The van der Waals surface area contributed by atoms with Gasteiger partial charge in [-0.1, -0.05) is 36.2 Å². The van der Waals surface area contributed by atoms with E-state index in [2.05, 4.69) is 4.98 Å². The first-order chi connectivity index (χ1) is 13.6. The summed E-state index contributed by atoms with van der Waals surface area (Å²) in [5.74, 6) is 0.222. The number of anilines is 1. The van der Waals surface area contributed by atoms with Gasteiger partial charge in [0.25, 0.3) is 5.91 Å². The first-order valence-corrected chi connectivity index (χ1v) is 9.98. The SMILES string of the molecule is O=C1C2=C(OC3CCCCC13)C(=O)N(c1ccccn1)C2c1cccc(Cl)c1. The number of carbonyl (C=O) groups excluding carboxylic acids is 2. The molecule has 6 heteroatoms. The molecule has 3 unspecified atom stereocenters. The Morgan fingerprint density at radius 3 is 2.71 bits per heavy atom. The van der Waals surface area contributed by atoms with Crippen LogP contribution < -0.4 is 4.90 Å². The van der Waals surface area contributed by atoms with Crippen molar-refractivity contribution in [3.63, 3.8) is 0 Å². The molecule has 28 heavy (non-hydrogen) atoms. The summed E-state index contributed by atoms with van der Waals surface area (Å²) in [5.41, 5.74) is 1.23. The molecule has 3 atom stereocenters. The van der Waals surface area contributed by atoms with E-state index in [1.165, 1.54) is 0 Å². The first kappa shape index (κ1) is 17.4. The molecule has 5 nitrogen and oxygen atoms in total. The molecule has 0 N–H and O–H groups in total. The van der Waals surface area contributed by atoms with Crippen LogP contribution in [0.1, 0.15) is 37.3 Å². The number of halogens is 1. The van der Waals surface area contributed by atoms with E-state index in [9.17, 15) is 9.59 Å². The van der Waals surface area contributed by atoms with Crippen LogP contribution in [0.3, 0.4) is 0 Å². The van der Waals surface area contributed by atoms with Gasteiger partial charge in [0.05, 0.1) is 17.5 Å². The Morgan fingerprint density at radius 1 is 1.07 bits per heavy atom. The second kappa shape index (κ2) is 6.74. The van der Waals surface area contributed by atoms with E-state index >= 15 is 0 Å². The Bertz CT molecular complexity index is 988. The number of amides is 1. The Morgan fingerprint density at radius 2 is 1.93 bits per heavy atom. The van der Waals surface area contributed by atoms with Crippen LogP contribution >= 0.6 is 11.6 Å². The molecule has 1 saturated carbocycles. The lowest BCUT2D eigenvalue weighted by Crippen LogP contribution is -2.39. The van der Waals surface area contributed by atoms with Crippen LogP contribution in [0.5, 0.6) is 0 Å². The zero-order valence-electron chi connectivity index (χ0n) is 15.2. The Hall–Kier alpha value is -2.66. The zero-order chi connectivity index (χ0) is 19.3. The van der Waals surface area contributed by atoms with Gasteiger partial charge in [-0.25, -0.2) is 4.98 Å². The van der Waals surface area contributed by atoms with Crippen molar-refractivity contribution < 1.29 is 14.3 Å². The molecule has 1 aliphatic carbocycles. The summed E-state index contributed by atoms with van der Waals surface area (Å²) in [6, 6.07) is 12.1. The van der Waals surface area contributed by atoms with Gasteiger partial charge in [-0.3, -0.25) is 14.5 Å². The summed E-state index contributed by atoms with van der Waals surface area (Å²) in [5, 5.41) is 0.555. The normalized spacial score (nSPS) is 26.8. The fourth-order valence-corrected chi connectivity index (χ4v) is 4.77. The van der Waals surface area contributed by atoms with E-state index in [0.29, 0.717) is 16.4 Å². The highest BCUT2D eigenvalue weighted by molar-refractivity contribution is 6.30. The predicted molar refractivity (Wildman–Crippen MR) is 105 cm³/mol. The number of rotatable bonds is 2. The second-order valence-electron chi connectivity index (χ2n) is 7.47. The number of fused-ring (bicyclic) bond motifs is 1. The maximum Gasteiger partial charge on any atom is 0.295 e. The van der Waals surface area contributed by atoms with Crippen molar-refractivity contribution in [2.75, 3.05) is 4.90 Å². The number of aromatic nitrogens is 1. The Labute approximate surface area is 168 Å². The summed E-state index contributed by atoms with van der Waals surface area (Å²) in [6.45, 7) is 0. The van der Waals surface area contributed by atoms with Crippen molar-refractivity contribution in [3.8, 4) is 0 Å². The summed E-state index contributed by atoms with van der Waals surface area (Å²) >= 11 is 6.22. The molecule has 142 valence electrons. The van der Waals surface area contributed by atoms with Crippen LogP contribution in [0.15, 0.2) is 60.0 Å². The molecular weight excluding hydrogens is 376 g/mol. The fourth-order valence-electron chi connectivity index (χ4n) is 4.57. The van der Waals surface area contributed by atoms with Gasteiger partial charge in [0.15, 0.2) is 11.5 Å². The van der Waals surface area contributed by atoms with E-state index in [1.807, 2.05) is 18.2 Å². The van der Waals surface area contributed by atoms with Gasteiger partial charge in [-0.2, -0.15) is 0 Å². The second-order valence-corrected chi connectivity index (χ2v) is 7.91. The molecule has 2 aromatic rings. The minimum atomic E-state index is -0.577. The molecule has 0 spiro atoms. The van der Waals surface area contributed by atoms with Crippen LogP contribution in [0.2, 0.25) is 5.02 Å². The monoisotopic (exact) mass is 394 g/mol. The fraction of sp³-hybridized carbons (Fsp3) is 0.318. The average Bonchev–Trinajstić information content (AvgIpc) is 3.02. The maximum absolute atomic E-state index is 13.5. The predicted octanol–water partition coefficient (Wildman–Crippen LogP) is 4.24. The average molecular weight is 395 g/mol. The van der Waals surface area contributed by atoms with Crippen molar-refractivity contribution in [2.24, 2.45) is 5.92 Å². The molecule has 0 saturated heterocycles. The van der Waals surface area contributed by atoms with Gasteiger partial charge in [0.2, 0.25) is 0 Å². The van der Waals surface area contributed by atoms with Gasteiger partial charge in [-0.05, 0) is 49.1 Å². The van der Waals surface area contributed by atoms with Crippen LogP contribution in [-0.2, 0) is 14.3 Å². The lowest BCUT2D eigenvalue weighted by Gasteiger charge is -2.35. The van der Waals surface area contributed by atoms with E-state index in [1.54, 1.807) is 35.4 Å². The Kier molecular flexibility index (Phi) is 4.20.